The zero-order chi connectivity index (χ0) is 14.1. The smallest absolute Gasteiger partial charge is 0.133 e. The predicted octanol–water partition coefficient (Wildman–Crippen LogP) is 3.60. The fourth-order valence-corrected chi connectivity index (χ4v) is 2.23. The lowest BCUT2D eigenvalue weighted by Gasteiger charge is -2.29. The molecule has 0 fully saturated rings. The second kappa shape index (κ2) is 8.92. The summed E-state index contributed by atoms with van der Waals surface area (Å²) in [4.78, 5) is 7.05. The molecule has 1 aromatic heterocycles. The largest absolute Gasteiger partial charge is 0.354 e. The minimum Gasteiger partial charge on any atom is -0.354 e. The van der Waals surface area contributed by atoms with Crippen LogP contribution in [-0.4, -0.2) is 24.1 Å². The normalized spacial score (nSPS) is 11.0. The Hall–Kier alpha value is -1.09. The summed E-state index contributed by atoms with van der Waals surface area (Å²) in [5.74, 6) is 1.15. The summed E-state index contributed by atoms with van der Waals surface area (Å²) in [6.45, 7) is 11.9. The predicted molar refractivity (Wildman–Crippen MR) is 83.6 cm³/mol. The second-order valence-corrected chi connectivity index (χ2v) is 5.26. The molecule has 0 bridgehead atoms. The molecule has 3 nitrogen and oxygen atoms in total. The molecule has 0 saturated carbocycles. The number of hydrogen-bond donors (Lipinski definition) is 1. The molecule has 0 atom stereocenters. The molecule has 0 saturated heterocycles. The van der Waals surface area contributed by atoms with Gasteiger partial charge >= 0.3 is 0 Å². The molecule has 0 aliphatic carbocycles. The van der Waals surface area contributed by atoms with Crippen molar-refractivity contribution >= 4 is 5.82 Å². The maximum absolute atomic E-state index is 4.62. The number of unbranched alkanes of at least 4 members (excludes halogenated alkanes) is 2. The third-order valence-electron chi connectivity index (χ3n) is 3.33. The van der Waals surface area contributed by atoms with Gasteiger partial charge in [-0.1, -0.05) is 32.8 Å². The van der Waals surface area contributed by atoms with Gasteiger partial charge in [-0.3, -0.25) is 0 Å². The highest BCUT2D eigenvalue weighted by molar-refractivity contribution is 5.47. The van der Waals surface area contributed by atoms with Crippen LogP contribution in [0.4, 0.5) is 5.82 Å². The summed E-state index contributed by atoms with van der Waals surface area (Å²) in [6, 6.07) is 4.70. The summed E-state index contributed by atoms with van der Waals surface area (Å²) >= 11 is 0. The number of nitrogens with zero attached hydrogens (tertiary/aromatic N) is 2. The summed E-state index contributed by atoms with van der Waals surface area (Å²) in [6.07, 6.45) is 5.70. The van der Waals surface area contributed by atoms with Gasteiger partial charge in [0.15, 0.2) is 0 Å². The van der Waals surface area contributed by atoms with Crippen LogP contribution in [0.15, 0.2) is 18.3 Å². The van der Waals surface area contributed by atoms with Crippen LogP contribution in [0.25, 0.3) is 0 Å². The third-order valence-corrected chi connectivity index (χ3v) is 3.33. The van der Waals surface area contributed by atoms with Gasteiger partial charge in [-0.15, -0.1) is 0 Å². The molecule has 108 valence electrons. The van der Waals surface area contributed by atoms with Crippen LogP contribution in [0, 0.1) is 0 Å². The Morgan fingerprint density at radius 3 is 2.68 bits per heavy atom. The van der Waals surface area contributed by atoms with Gasteiger partial charge in [-0.25, -0.2) is 4.98 Å². The van der Waals surface area contributed by atoms with E-state index < -0.39 is 0 Å². The van der Waals surface area contributed by atoms with Crippen molar-refractivity contribution in [3.8, 4) is 0 Å². The average Bonchev–Trinajstić information content (AvgIpc) is 2.41. The standard InChI is InChI=1S/C16H29N3/c1-5-7-8-12-19(14(3)4)16-15(13-17-6-2)10-9-11-18-16/h9-11,14,17H,5-8,12-13H2,1-4H3. The van der Waals surface area contributed by atoms with Crippen LogP contribution >= 0.6 is 0 Å². The van der Waals surface area contributed by atoms with Crippen molar-refractivity contribution in [2.45, 2.75) is 59.5 Å². The number of rotatable bonds is 9. The van der Waals surface area contributed by atoms with Crippen LogP contribution in [0.3, 0.4) is 0 Å². The van der Waals surface area contributed by atoms with E-state index in [9.17, 15) is 0 Å². The second-order valence-electron chi connectivity index (χ2n) is 5.26. The van der Waals surface area contributed by atoms with E-state index >= 15 is 0 Å². The first-order valence-electron chi connectivity index (χ1n) is 7.61. The Labute approximate surface area is 118 Å². The molecule has 0 aromatic carbocycles. The first kappa shape index (κ1) is 16.0. The lowest BCUT2D eigenvalue weighted by molar-refractivity contribution is 0.613. The molecule has 1 aromatic rings. The maximum atomic E-state index is 4.62. The molecular weight excluding hydrogens is 234 g/mol. The van der Waals surface area contributed by atoms with E-state index in [-0.39, 0.29) is 0 Å². The van der Waals surface area contributed by atoms with E-state index in [1.165, 1.54) is 24.8 Å². The highest BCUT2D eigenvalue weighted by Gasteiger charge is 2.14. The highest BCUT2D eigenvalue weighted by Crippen LogP contribution is 2.20. The first-order valence-corrected chi connectivity index (χ1v) is 7.61. The van der Waals surface area contributed by atoms with Crippen molar-refractivity contribution in [2.24, 2.45) is 0 Å². The van der Waals surface area contributed by atoms with Gasteiger partial charge in [0.05, 0.1) is 0 Å². The topological polar surface area (TPSA) is 28.2 Å². The molecule has 3 heteroatoms. The highest BCUT2D eigenvalue weighted by atomic mass is 15.2. The Morgan fingerprint density at radius 1 is 1.26 bits per heavy atom. The Bertz CT molecular complexity index is 350. The summed E-state index contributed by atoms with van der Waals surface area (Å²) in [5.41, 5.74) is 1.30. The van der Waals surface area contributed by atoms with E-state index in [2.05, 4.69) is 49.0 Å². The van der Waals surface area contributed by atoms with E-state index in [0.717, 1.165) is 25.5 Å². The van der Waals surface area contributed by atoms with Crippen molar-refractivity contribution in [3.05, 3.63) is 23.9 Å². The number of hydrogen-bond acceptors (Lipinski definition) is 3. The zero-order valence-electron chi connectivity index (χ0n) is 12.9. The molecule has 0 amide bonds. The quantitative estimate of drug-likeness (QED) is 0.690. The van der Waals surface area contributed by atoms with Gasteiger partial charge in [0.25, 0.3) is 0 Å². The van der Waals surface area contributed by atoms with E-state index in [1.54, 1.807) is 0 Å². The third kappa shape index (κ3) is 5.19. The first-order chi connectivity index (χ1) is 9.20. The van der Waals surface area contributed by atoms with E-state index in [0.29, 0.717) is 6.04 Å². The number of aromatic nitrogens is 1. The summed E-state index contributed by atoms with van der Waals surface area (Å²) in [7, 11) is 0. The van der Waals surface area contributed by atoms with Gasteiger partial charge in [-0.2, -0.15) is 0 Å². The maximum Gasteiger partial charge on any atom is 0.133 e. The molecule has 0 radical (unpaired) electrons. The van der Waals surface area contributed by atoms with Crippen molar-refractivity contribution in [3.63, 3.8) is 0 Å². The molecule has 0 aliphatic rings. The van der Waals surface area contributed by atoms with Crippen molar-refractivity contribution in [2.75, 3.05) is 18.0 Å². The SMILES string of the molecule is CCCCCN(c1ncccc1CNCC)C(C)C. The molecule has 1 heterocycles. The van der Waals surface area contributed by atoms with E-state index in [1.807, 2.05) is 12.3 Å². The molecule has 0 aliphatic heterocycles. The van der Waals surface area contributed by atoms with Crippen molar-refractivity contribution in [1.82, 2.24) is 10.3 Å². The minimum absolute atomic E-state index is 0.493. The Kier molecular flexibility index (Phi) is 7.49. The number of anilines is 1. The average molecular weight is 263 g/mol. The fourth-order valence-electron chi connectivity index (χ4n) is 2.23. The summed E-state index contributed by atoms with van der Waals surface area (Å²) in [5, 5.41) is 3.40. The molecule has 1 rings (SSSR count). The Balaban J connectivity index is 2.82. The van der Waals surface area contributed by atoms with Gasteiger partial charge in [0.2, 0.25) is 0 Å². The van der Waals surface area contributed by atoms with Crippen LogP contribution in [0.1, 0.15) is 52.5 Å². The molecular formula is C16H29N3. The molecule has 0 unspecified atom stereocenters. The van der Waals surface area contributed by atoms with Crippen molar-refractivity contribution < 1.29 is 0 Å². The number of nitrogens with one attached hydrogen (secondary N) is 1. The van der Waals surface area contributed by atoms with Gasteiger partial charge in [-0.05, 0) is 32.9 Å². The Morgan fingerprint density at radius 2 is 2.05 bits per heavy atom. The summed E-state index contributed by atoms with van der Waals surface area (Å²) < 4.78 is 0. The van der Waals surface area contributed by atoms with Crippen LogP contribution in [0.2, 0.25) is 0 Å². The molecule has 19 heavy (non-hydrogen) atoms. The number of pyridine rings is 1. The van der Waals surface area contributed by atoms with E-state index in [4.69, 9.17) is 0 Å². The van der Waals surface area contributed by atoms with Gasteiger partial charge in [0, 0.05) is 30.9 Å². The van der Waals surface area contributed by atoms with Gasteiger partial charge < -0.3 is 10.2 Å². The van der Waals surface area contributed by atoms with Crippen LogP contribution < -0.4 is 10.2 Å². The van der Waals surface area contributed by atoms with Crippen LogP contribution in [-0.2, 0) is 6.54 Å². The zero-order valence-corrected chi connectivity index (χ0v) is 12.9. The van der Waals surface area contributed by atoms with Gasteiger partial charge in [0.1, 0.15) is 5.82 Å². The molecule has 1 N–H and O–H groups in total. The van der Waals surface area contributed by atoms with Crippen molar-refractivity contribution in [1.29, 1.82) is 0 Å². The lowest BCUT2D eigenvalue weighted by atomic mass is 10.1. The fraction of sp³-hybridized carbons (Fsp3) is 0.688. The lowest BCUT2D eigenvalue weighted by Crippen LogP contribution is -2.34. The molecule has 0 spiro atoms. The monoisotopic (exact) mass is 263 g/mol. The minimum atomic E-state index is 0.493. The van der Waals surface area contributed by atoms with Crippen LogP contribution in [0.5, 0.6) is 0 Å².